The zero-order valence-electron chi connectivity index (χ0n) is 4.36. The van der Waals surface area contributed by atoms with Gasteiger partial charge in [-0.15, -0.1) is 5.59 Å². The van der Waals surface area contributed by atoms with Crippen molar-refractivity contribution in [3.63, 3.8) is 0 Å². The van der Waals surface area contributed by atoms with Gasteiger partial charge in [0.25, 0.3) is 0 Å². The Balaban J connectivity index is 2.63. The lowest BCUT2D eigenvalue weighted by Crippen LogP contribution is -2.28. The van der Waals surface area contributed by atoms with Crippen molar-refractivity contribution in [3.05, 3.63) is 0 Å². The van der Waals surface area contributed by atoms with Crippen molar-refractivity contribution in [2.45, 2.75) is 0 Å². The van der Waals surface area contributed by atoms with E-state index in [0.29, 0.717) is 0 Å². The lowest BCUT2D eigenvalue weighted by Gasteiger charge is -2.06. The second-order valence-corrected chi connectivity index (χ2v) is 1.19. The number of nitrogens with one attached hydrogen (secondary N) is 1. The summed E-state index contributed by atoms with van der Waals surface area (Å²) >= 11 is 0. The molecule has 0 aliphatic heterocycles. The van der Waals surface area contributed by atoms with Crippen LogP contribution in [0.1, 0.15) is 0 Å². The molecule has 0 aromatic carbocycles. The quantitative estimate of drug-likeness (QED) is 0.467. The third-order valence-corrected chi connectivity index (χ3v) is 0.274. The van der Waals surface area contributed by atoms with Crippen molar-refractivity contribution in [2.75, 3.05) is 21.2 Å². The zero-order chi connectivity index (χ0) is 4.99. The van der Waals surface area contributed by atoms with Crippen molar-refractivity contribution in [1.82, 2.24) is 10.6 Å². The highest BCUT2D eigenvalue weighted by molar-refractivity contribution is 4.06. The van der Waals surface area contributed by atoms with Crippen molar-refractivity contribution in [3.8, 4) is 0 Å². The van der Waals surface area contributed by atoms with Gasteiger partial charge in [-0.25, -0.2) is 5.01 Å². The van der Waals surface area contributed by atoms with E-state index in [2.05, 4.69) is 10.4 Å². The molecule has 38 valence electrons. The molecule has 0 spiro atoms. The summed E-state index contributed by atoms with van der Waals surface area (Å²) in [6.07, 6.45) is 0. The number of nitrogens with zero attached hydrogens (tertiary/aromatic N) is 1. The SMILES string of the molecule is CONN(C)C. The number of hydrogen-bond donors (Lipinski definition) is 1. The summed E-state index contributed by atoms with van der Waals surface area (Å²) in [5.41, 5.74) is 2.54. The minimum Gasteiger partial charge on any atom is -0.290 e. The standard InChI is InChI=1S/C3H10N2O/c1-5(2)4-6-3/h4H,1-3H3. The third kappa shape index (κ3) is 3.88. The van der Waals surface area contributed by atoms with Gasteiger partial charge in [0, 0.05) is 14.1 Å². The van der Waals surface area contributed by atoms with Gasteiger partial charge in [0.15, 0.2) is 0 Å². The van der Waals surface area contributed by atoms with E-state index in [4.69, 9.17) is 0 Å². The average molecular weight is 90.1 g/mol. The van der Waals surface area contributed by atoms with E-state index in [0.717, 1.165) is 0 Å². The van der Waals surface area contributed by atoms with Crippen LogP contribution < -0.4 is 5.59 Å². The Kier molecular flexibility index (Phi) is 3.02. The minimum absolute atomic E-state index is 1.57. The smallest absolute Gasteiger partial charge is 0.0588 e. The molecule has 3 nitrogen and oxygen atoms in total. The van der Waals surface area contributed by atoms with Gasteiger partial charge in [0.2, 0.25) is 0 Å². The van der Waals surface area contributed by atoms with Crippen molar-refractivity contribution >= 4 is 0 Å². The van der Waals surface area contributed by atoms with Crippen LogP contribution in [0.2, 0.25) is 0 Å². The highest BCUT2D eigenvalue weighted by Gasteiger charge is 1.75. The van der Waals surface area contributed by atoms with Gasteiger partial charge in [0.05, 0.1) is 7.11 Å². The van der Waals surface area contributed by atoms with Crippen LogP contribution in [-0.4, -0.2) is 26.2 Å². The van der Waals surface area contributed by atoms with Gasteiger partial charge >= 0.3 is 0 Å². The summed E-state index contributed by atoms with van der Waals surface area (Å²) in [6, 6.07) is 0. The summed E-state index contributed by atoms with van der Waals surface area (Å²) in [6.45, 7) is 0. The van der Waals surface area contributed by atoms with Gasteiger partial charge in [-0.1, -0.05) is 0 Å². The molecule has 0 fully saturated rings. The summed E-state index contributed by atoms with van der Waals surface area (Å²) < 4.78 is 0. The Hall–Kier alpha value is -0.120. The summed E-state index contributed by atoms with van der Waals surface area (Å²) in [7, 11) is 5.27. The van der Waals surface area contributed by atoms with E-state index in [-0.39, 0.29) is 0 Å². The lowest BCUT2D eigenvalue weighted by atomic mass is 11.2. The summed E-state index contributed by atoms with van der Waals surface area (Å²) in [4.78, 5) is 4.48. The first kappa shape index (κ1) is 5.88. The molecule has 0 aromatic heterocycles. The Morgan fingerprint density at radius 2 is 2.00 bits per heavy atom. The van der Waals surface area contributed by atoms with E-state index < -0.39 is 0 Å². The van der Waals surface area contributed by atoms with E-state index >= 15 is 0 Å². The molecule has 0 radical (unpaired) electrons. The van der Waals surface area contributed by atoms with Crippen LogP contribution in [0.4, 0.5) is 0 Å². The van der Waals surface area contributed by atoms with Gasteiger partial charge in [-0.05, 0) is 0 Å². The average Bonchev–Trinajstić information content (AvgIpc) is 1.35. The molecule has 0 unspecified atom stereocenters. The molecule has 0 aliphatic rings. The van der Waals surface area contributed by atoms with Crippen LogP contribution in [0.25, 0.3) is 0 Å². The Morgan fingerprint density at radius 3 is 2.00 bits per heavy atom. The van der Waals surface area contributed by atoms with Crippen LogP contribution in [0, 0.1) is 0 Å². The first-order chi connectivity index (χ1) is 2.77. The van der Waals surface area contributed by atoms with E-state index in [1.54, 1.807) is 12.1 Å². The van der Waals surface area contributed by atoms with Crippen molar-refractivity contribution in [2.24, 2.45) is 0 Å². The number of hydrogen-bond acceptors (Lipinski definition) is 3. The van der Waals surface area contributed by atoms with Crippen LogP contribution in [0.3, 0.4) is 0 Å². The Bertz CT molecular complexity index is 30.0. The molecular weight excluding hydrogens is 80.0 g/mol. The Morgan fingerprint density at radius 1 is 1.50 bits per heavy atom. The molecule has 0 aromatic rings. The highest BCUT2D eigenvalue weighted by atomic mass is 16.7. The molecule has 0 aliphatic carbocycles. The normalized spacial score (nSPS) is 10.0. The van der Waals surface area contributed by atoms with Gasteiger partial charge in [-0.2, -0.15) is 0 Å². The predicted molar refractivity (Wildman–Crippen MR) is 23.8 cm³/mol. The maximum atomic E-state index is 4.48. The zero-order valence-corrected chi connectivity index (χ0v) is 4.36. The first-order valence-corrected chi connectivity index (χ1v) is 1.73. The lowest BCUT2D eigenvalue weighted by molar-refractivity contribution is -0.0267. The fraction of sp³-hybridized carbons (Fsp3) is 1.00. The van der Waals surface area contributed by atoms with Crippen LogP contribution in [0.5, 0.6) is 0 Å². The number of hydrazine groups is 1. The molecule has 0 atom stereocenters. The summed E-state index contributed by atoms with van der Waals surface area (Å²) in [5.74, 6) is 0. The van der Waals surface area contributed by atoms with E-state index in [9.17, 15) is 0 Å². The van der Waals surface area contributed by atoms with E-state index in [1.807, 2.05) is 14.1 Å². The maximum absolute atomic E-state index is 4.48. The predicted octanol–water partition coefficient (Wildman–Crippen LogP) is -0.386. The molecular formula is C3H10N2O. The molecule has 6 heavy (non-hydrogen) atoms. The van der Waals surface area contributed by atoms with Crippen LogP contribution in [0.15, 0.2) is 0 Å². The topological polar surface area (TPSA) is 24.5 Å². The maximum Gasteiger partial charge on any atom is 0.0588 e. The second kappa shape index (κ2) is 3.08. The van der Waals surface area contributed by atoms with Crippen molar-refractivity contribution < 1.29 is 4.84 Å². The Labute approximate surface area is 37.8 Å². The molecule has 0 heterocycles. The second-order valence-electron chi connectivity index (χ2n) is 1.19. The largest absolute Gasteiger partial charge is 0.290 e. The van der Waals surface area contributed by atoms with Crippen LogP contribution in [-0.2, 0) is 4.84 Å². The van der Waals surface area contributed by atoms with Gasteiger partial charge in [0.1, 0.15) is 0 Å². The molecule has 3 heteroatoms. The molecule has 0 bridgehead atoms. The monoisotopic (exact) mass is 90.1 g/mol. The molecule has 0 rings (SSSR count). The molecule has 0 saturated carbocycles. The molecule has 0 saturated heterocycles. The first-order valence-electron chi connectivity index (χ1n) is 1.73. The van der Waals surface area contributed by atoms with Crippen molar-refractivity contribution in [1.29, 1.82) is 0 Å². The van der Waals surface area contributed by atoms with Crippen LogP contribution >= 0.6 is 0 Å². The third-order valence-electron chi connectivity index (χ3n) is 0.274. The number of rotatable bonds is 2. The minimum atomic E-state index is 1.57. The fourth-order valence-corrected chi connectivity index (χ4v) is 0.183. The highest BCUT2D eigenvalue weighted by Crippen LogP contribution is 1.57. The van der Waals surface area contributed by atoms with Gasteiger partial charge in [-0.3, -0.25) is 4.84 Å². The molecule has 0 amide bonds. The summed E-state index contributed by atoms with van der Waals surface area (Å²) in [5, 5.41) is 1.71. The van der Waals surface area contributed by atoms with E-state index in [1.165, 1.54) is 0 Å². The fourth-order valence-electron chi connectivity index (χ4n) is 0.183. The van der Waals surface area contributed by atoms with Gasteiger partial charge < -0.3 is 0 Å². The molecule has 1 N–H and O–H groups in total.